The standard InChI is InChI=1S/C50H32N2O/c1-2-12-36-32-37(21-20-33(36)10-1)34-22-25-38(26-23-34)51(47-18-9-19-48-49(47)44-31-24-35-11-3-4-13-41(35)50(44)53-48)39-27-29-40(30-28-39)52-45-16-7-5-14-42(45)43-15-6-8-17-46(43)52/h1-32H/i1D,2D,10D,12D,20D,21D,22D,23D,25D,26D,27D,28D,29D,30D,32D. The number of aromatic nitrogens is 1. The van der Waals surface area contributed by atoms with Crippen molar-refractivity contribution in [2.45, 2.75) is 0 Å². The molecule has 11 rings (SSSR count). The summed E-state index contributed by atoms with van der Waals surface area (Å²) < 4.78 is 146. The maximum Gasteiger partial charge on any atom is 0.143 e. The molecule has 0 aliphatic heterocycles. The fourth-order valence-electron chi connectivity index (χ4n) is 7.21. The molecule has 0 spiro atoms. The Kier molecular flexibility index (Phi) is 4.07. The lowest BCUT2D eigenvalue weighted by Gasteiger charge is -2.27. The first-order chi connectivity index (χ1) is 32.6. The molecule has 11 aromatic rings. The topological polar surface area (TPSA) is 21.3 Å². The van der Waals surface area contributed by atoms with Gasteiger partial charge < -0.3 is 13.9 Å². The maximum absolute atomic E-state index is 9.80. The van der Waals surface area contributed by atoms with Crippen molar-refractivity contribution in [3.63, 3.8) is 0 Å². The smallest absolute Gasteiger partial charge is 0.143 e. The van der Waals surface area contributed by atoms with E-state index in [-0.39, 0.29) is 11.4 Å². The Morgan fingerprint density at radius 2 is 1.11 bits per heavy atom. The highest BCUT2D eigenvalue weighted by Crippen LogP contribution is 2.45. The van der Waals surface area contributed by atoms with Crippen LogP contribution in [0.3, 0.4) is 0 Å². The van der Waals surface area contributed by atoms with E-state index in [1.165, 1.54) is 4.90 Å². The van der Waals surface area contributed by atoms with Gasteiger partial charge in [-0.1, -0.05) is 121 Å². The first kappa shape index (κ1) is 18.4. The summed E-state index contributed by atoms with van der Waals surface area (Å²) in [7, 11) is 0. The van der Waals surface area contributed by atoms with Gasteiger partial charge in [0.15, 0.2) is 0 Å². The van der Waals surface area contributed by atoms with Crippen LogP contribution in [-0.2, 0) is 0 Å². The van der Waals surface area contributed by atoms with Gasteiger partial charge in [0, 0.05) is 38.6 Å². The van der Waals surface area contributed by atoms with E-state index in [0.29, 0.717) is 33.0 Å². The molecule has 2 aromatic heterocycles. The molecule has 3 nitrogen and oxygen atoms in total. The van der Waals surface area contributed by atoms with Crippen molar-refractivity contribution in [3.05, 3.63) is 194 Å². The Bertz CT molecular complexity index is 3960. The van der Waals surface area contributed by atoms with Crippen LogP contribution in [0.2, 0.25) is 0 Å². The summed E-state index contributed by atoms with van der Waals surface area (Å²) in [5, 5.41) is 3.37. The Labute approximate surface area is 327 Å². The fourth-order valence-corrected chi connectivity index (χ4v) is 7.21. The largest absolute Gasteiger partial charge is 0.455 e. The summed E-state index contributed by atoms with van der Waals surface area (Å²) in [5.74, 6) is 0. The van der Waals surface area contributed by atoms with Gasteiger partial charge in [0.05, 0.1) is 42.7 Å². The molecule has 0 aliphatic carbocycles. The van der Waals surface area contributed by atoms with Crippen LogP contribution < -0.4 is 4.90 Å². The molecule has 0 radical (unpaired) electrons. The van der Waals surface area contributed by atoms with Crippen LogP contribution >= 0.6 is 0 Å². The molecule has 0 bridgehead atoms. The molecule has 53 heavy (non-hydrogen) atoms. The second kappa shape index (κ2) is 11.7. The number of fused-ring (bicyclic) bond motifs is 9. The van der Waals surface area contributed by atoms with Crippen molar-refractivity contribution < 1.29 is 25.0 Å². The summed E-state index contributed by atoms with van der Waals surface area (Å²) in [4.78, 5) is 1.17. The molecule has 3 heteroatoms. The molecule has 0 unspecified atom stereocenters. The Hall–Kier alpha value is -7.10. The molecule has 0 atom stereocenters. The van der Waals surface area contributed by atoms with Crippen LogP contribution in [-0.4, -0.2) is 4.57 Å². The van der Waals surface area contributed by atoms with Crippen molar-refractivity contribution >= 4 is 82.4 Å². The normalized spacial score (nSPS) is 15.7. The van der Waals surface area contributed by atoms with Gasteiger partial charge in [-0.25, -0.2) is 0 Å². The molecule has 2 heterocycles. The van der Waals surface area contributed by atoms with Crippen molar-refractivity contribution in [3.8, 4) is 16.8 Å². The van der Waals surface area contributed by atoms with E-state index in [1.54, 1.807) is 22.8 Å². The van der Waals surface area contributed by atoms with Crippen molar-refractivity contribution in [2.24, 2.45) is 0 Å². The zero-order chi connectivity index (χ0) is 47.9. The summed E-state index contributed by atoms with van der Waals surface area (Å²) in [6.45, 7) is 0. The van der Waals surface area contributed by atoms with E-state index in [0.717, 1.165) is 21.5 Å². The molecule has 248 valence electrons. The van der Waals surface area contributed by atoms with Gasteiger partial charge in [0.2, 0.25) is 0 Å². The Morgan fingerprint density at radius 3 is 1.87 bits per heavy atom. The molecule has 0 fully saturated rings. The summed E-state index contributed by atoms with van der Waals surface area (Å²) in [5.41, 5.74) is 0.00379. The van der Waals surface area contributed by atoms with Gasteiger partial charge in [-0.15, -0.1) is 0 Å². The third kappa shape index (κ3) is 4.68. The van der Waals surface area contributed by atoms with Crippen LogP contribution in [0.4, 0.5) is 17.1 Å². The lowest BCUT2D eigenvalue weighted by atomic mass is 10.0. The third-order valence-electron chi connectivity index (χ3n) is 9.57. The second-order valence-corrected chi connectivity index (χ2v) is 12.5. The van der Waals surface area contributed by atoms with Crippen molar-refractivity contribution in [1.82, 2.24) is 4.57 Å². The number of rotatable bonds is 5. The van der Waals surface area contributed by atoms with Crippen LogP contribution in [0, 0.1) is 0 Å². The summed E-state index contributed by atoms with van der Waals surface area (Å²) in [6.07, 6.45) is 0. The van der Waals surface area contributed by atoms with Crippen LogP contribution in [0.15, 0.2) is 198 Å². The zero-order valence-corrected chi connectivity index (χ0v) is 27.6. The van der Waals surface area contributed by atoms with Gasteiger partial charge in [-0.05, 0) is 99.9 Å². The molecule has 0 N–H and O–H groups in total. The SMILES string of the molecule is [2H]c1c([2H])c(N(c2c([2H])c([2H])c(-n3c4ccccc4c4ccccc43)c([2H])c2[2H])c2cccc3oc4c5ccccc5ccc4c23)c([2H])c([2H])c1-c1c([2H])c([2H])c2c([2H])c([2H])c([2H])c([2H])c2c1[2H]. The van der Waals surface area contributed by atoms with Gasteiger partial charge in [0.25, 0.3) is 0 Å². The monoisotopic (exact) mass is 691 g/mol. The fraction of sp³-hybridized carbons (Fsp3) is 0. The third-order valence-corrected chi connectivity index (χ3v) is 9.57. The first-order valence-electron chi connectivity index (χ1n) is 24.4. The van der Waals surface area contributed by atoms with Gasteiger partial charge in [-0.2, -0.15) is 0 Å². The minimum Gasteiger partial charge on any atom is -0.455 e. The zero-order valence-electron chi connectivity index (χ0n) is 42.6. The number of anilines is 3. The molecule has 0 saturated carbocycles. The molecule has 0 amide bonds. The van der Waals surface area contributed by atoms with E-state index >= 15 is 0 Å². The van der Waals surface area contributed by atoms with Crippen molar-refractivity contribution in [1.29, 1.82) is 0 Å². The molecule has 0 aliphatic rings. The van der Waals surface area contributed by atoms with Gasteiger partial charge in [0.1, 0.15) is 11.2 Å². The Balaban J connectivity index is 1.25. The molecule has 0 saturated heterocycles. The molecule has 9 aromatic carbocycles. The summed E-state index contributed by atoms with van der Waals surface area (Å²) >= 11 is 0. The summed E-state index contributed by atoms with van der Waals surface area (Å²) in [6, 6.07) is 20.8. The predicted molar refractivity (Wildman–Crippen MR) is 223 cm³/mol. The number of hydrogen-bond donors (Lipinski definition) is 0. The van der Waals surface area contributed by atoms with E-state index < -0.39 is 124 Å². The predicted octanol–water partition coefficient (Wildman–Crippen LogP) is 14.1. The van der Waals surface area contributed by atoms with Gasteiger partial charge >= 0.3 is 0 Å². The number of hydrogen-bond acceptors (Lipinski definition) is 2. The Morgan fingerprint density at radius 1 is 0.472 bits per heavy atom. The van der Waals surface area contributed by atoms with E-state index in [9.17, 15) is 12.3 Å². The van der Waals surface area contributed by atoms with Crippen molar-refractivity contribution in [2.75, 3.05) is 4.90 Å². The molecular formula is C50H32N2O. The average molecular weight is 692 g/mol. The quantitative estimate of drug-likeness (QED) is 0.179. The average Bonchev–Trinajstić information content (AvgIpc) is 3.90. The number of benzene rings is 9. The first-order valence-corrected chi connectivity index (χ1v) is 16.9. The minimum atomic E-state index is -0.806. The second-order valence-electron chi connectivity index (χ2n) is 12.5. The van der Waals surface area contributed by atoms with Crippen LogP contribution in [0.1, 0.15) is 20.6 Å². The number of para-hydroxylation sites is 2. The highest BCUT2D eigenvalue weighted by molar-refractivity contribution is 6.19. The van der Waals surface area contributed by atoms with Crippen LogP contribution in [0.5, 0.6) is 0 Å². The van der Waals surface area contributed by atoms with E-state index in [1.807, 2.05) is 84.9 Å². The maximum atomic E-state index is 9.80. The lowest BCUT2D eigenvalue weighted by Crippen LogP contribution is -2.10. The molecular weight excluding hydrogens is 645 g/mol. The lowest BCUT2D eigenvalue weighted by molar-refractivity contribution is 0.672. The van der Waals surface area contributed by atoms with Crippen LogP contribution in [0.25, 0.3) is 82.1 Å². The highest BCUT2D eigenvalue weighted by atomic mass is 16.3. The van der Waals surface area contributed by atoms with E-state index in [2.05, 4.69) is 0 Å². The highest BCUT2D eigenvalue weighted by Gasteiger charge is 2.21. The number of furan rings is 1. The van der Waals surface area contributed by atoms with Gasteiger partial charge in [-0.3, -0.25) is 0 Å². The number of nitrogens with zero attached hydrogens (tertiary/aromatic N) is 2. The van der Waals surface area contributed by atoms with E-state index in [4.69, 9.17) is 12.6 Å². The minimum absolute atomic E-state index is 0.0686.